The quantitative estimate of drug-likeness (QED) is 0.806. The number of anilines is 1. The maximum atomic E-state index is 11.4. The number of carbonyl (C=O) groups is 2. The monoisotopic (exact) mass is 243 g/mol. The lowest BCUT2D eigenvalue weighted by Gasteiger charge is -2.13. The predicted molar refractivity (Wildman–Crippen MR) is 74.1 cm³/mol. The molecule has 0 atom stereocenters. The van der Waals surface area contributed by atoms with E-state index >= 15 is 0 Å². The maximum absolute atomic E-state index is 11.4. The molecule has 0 heterocycles. The number of Topliss-reactive ketones (excluding diaryl/α,β-unsaturated/α-hetero) is 1. The van der Waals surface area contributed by atoms with Gasteiger partial charge in [0, 0.05) is 19.0 Å². The van der Waals surface area contributed by atoms with Crippen molar-refractivity contribution in [1.29, 1.82) is 0 Å². The zero-order valence-corrected chi connectivity index (χ0v) is 11.2. The van der Waals surface area contributed by atoms with Crippen molar-refractivity contribution in [3.05, 3.63) is 28.8 Å². The largest absolute Gasteiger partial charge is 0.326 e. The summed E-state index contributed by atoms with van der Waals surface area (Å²) in [6.45, 7) is 5.44. The van der Waals surface area contributed by atoms with Gasteiger partial charge in [-0.3, -0.25) is 4.79 Å². The summed E-state index contributed by atoms with van der Waals surface area (Å²) in [4.78, 5) is 22.5. The molecule has 0 unspecified atom stereocenters. The molecule has 18 heavy (non-hydrogen) atoms. The Hall–Kier alpha value is -1.58. The minimum absolute atomic E-state index is 0.0208. The Bertz CT molecular complexity index is 469. The lowest BCUT2D eigenvalue weighted by Crippen LogP contribution is -2.10. The van der Waals surface area contributed by atoms with Crippen molar-refractivity contribution < 1.29 is 9.59 Å². The van der Waals surface area contributed by atoms with Crippen molar-refractivity contribution in [1.82, 2.24) is 0 Å². The lowest BCUT2D eigenvalue weighted by atomic mass is 9.92. The Morgan fingerprint density at radius 1 is 1.28 bits per heavy atom. The molecule has 0 spiro atoms. The number of hydrogen-bond acceptors (Lipinski definition) is 2. The molecule has 0 aliphatic heterocycles. The van der Waals surface area contributed by atoms with Gasteiger partial charge in [0.1, 0.15) is 5.78 Å². The van der Waals surface area contributed by atoms with Crippen LogP contribution in [0.25, 0.3) is 0 Å². The van der Waals surface area contributed by atoms with Gasteiger partial charge in [0.15, 0.2) is 0 Å². The third-order valence-electron chi connectivity index (χ3n) is 2.87. The van der Waals surface area contributed by atoms with Crippen LogP contribution in [0.5, 0.6) is 0 Å². The summed E-state index contributed by atoms with van der Waals surface area (Å²) in [6.07, 6.45) is 1.23. The van der Waals surface area contributed by atoms with E-state index in [2.05, 4.69) is 5.32 Å². The topological polar surface area (TPSA) is 46.2 Å². The number of amides is 1. The number of nitrogens with one attached hydrogen (secondary N) is 1. The minimum Gasteiger partial charge on any atom is -0.326 e. The van der Waals surface area contributed by atoms with Crippen LogP contribution in [0, 0.1) is 6.92 Å². The molecule has 3 nitrogen and oxygen atoms in total. The van der Waals surface area contributed by atoms with Gasteiger partial charge >= 0.3 is 0 Å². The molecule has 1 rings (SSSR count). The summed E-state index contributed by atoms with van der Waals surface area (Å²) >= 11 is 0. The Labute approximate surface area is 109 Å². The van der Waals surface area contributed by atoms with E-state index < -0.39 is 0 Å². The molecule has 4 heteroatoms. The van der Waals surface area contributed by atoms with Gasteiger partial charge in [-0.15, -0.1) is 0 Å². The first kappa shape index (κ1) is 14.5. The van der Waals surface area contributed by atoms with Crippen molar-refractivity contribution >= 4 is 25.2 Å². The SMILES string of the molecule is [B]CC(=O)Cc1cc(CC)c(NC(C)=O)cc1C. The van der Waals surface area contributed by atoms with Crippen LogP contribution < -0.4 is 5.32 Å². The van der Waals surface area contributed by atoms with Gasteiger partial charge in [-0.1, -0.05) is 13.0 Å². The number of hydrogen-bond donors (Lipinski definition) is 1. The molecule has 1 N–H and O–H groups in total. The van der Waals surface area contributed by atoms with E-state index in [1.54, 1.807) is 0 Å². The van der Waals surface area contributed by atoms with Crippen molar-refractivity contribution in [2.75, 3.05) is 5.32 Å². The van der Waals surface area contributed by atoms with E-state index in [0.717, 1.165) is 28.8 Å². The Morgan fingerprint density at radius 2 is 1.94 bits per heavy atom. The van der Waals surface area contributed by atoms with Gasteiger partial charge in [0.05, 0.1) is 7.85 Å². The van der Waals surface area contributed by atoms with Crippen LogP contribution in [0.1, 0.15) is 30.5 Å². The molecule has 0 saturated heterocycles. The zero-order valence-electron chi connectivity index (χ0n) is 11.2. The molecule has 0 saturated carbocycles. The summed E-state index contributed by atoms with van der Waals surface area (Å²) in [5, 5.41) is 2.81. The van der Waals surface area contributed by atoms with Gasteiger partial charge < -0.3 is 10.1 Å². The Balaban J connectivity index is 3.09. The van der Waals surface area contributed by atoms with Crippen LogP contribution in [0.4, 0.5) is 5.69 Å². The van der Waals surface area contributed by atoms with Crippen molar-refractivity contribution in [3.63, 3.8) is 0 Å². The average Bonchev–Trinajstić information content (AvgIpc) is 2.31. The van der Waals surface area contributed by atoms with Crippen LogP contribution in [-0.4, -0.2) is 19.5 Å². The molecule has 1 aromatic carbocycles. The first-order valence-electron chi connectivity index (χ1n) is 6.09. The van der Waals surface area contributed by atoms with Crippen LogP contribution in [0.15, 0.2) is 12.1 Å². The van der Waals surface area contributed by atoms with Crippen LogP contribution >= 0.6 is 0 Å². The van der Waals surface area contributed by atoms with Gasteiger partial charge in [0.25, 0.3) is 0 Å². The van der Waals surface area contributed by atoms with E-state index in [0.29, 0.717) is 6.42 Å². The number of rotatable bonds is 5. The molecular formula is C14H18BNO2. The molecule has 94 valence electrons. The summed E-state index contributed by atoms with van der Waals surface area (Å²) in [5.74, 6) is -0.0673. The number of aryl methyl sites for hydroxylation is 2. The average molecular weight is 243 g/mol. The summed E-state index contributed by atoms with van der Waals surface area (Å²) in [5.41, 5.74) is 3.84. The number of carbonyl (C=O) groups excluding carboxylic acids is 2. The zero-order chi connectivity index (χ0) is 13.7. The standard InChI is InChI=1S/C14H18BNO2/c1-4-11-6-12(7-13(18)8-15)9(2)5-14(11)16-10(3)17/h5-6H,4,7-8H2,1-3H3,(H,16,17). The normalized spacial score (nSPS) is 10.2. The number of benzene rings is 1. The van der Waals surface area contributed by atoms with Crippen molar-refractivity contribution in [2.24, 2.45) is 0 Å². The predicted octanol–water partition coefficient (Wildman–Crippen LogP) is 2.21. The smallest absolute Gasteiger partial charge is 0.221 e. The fourth-order valence-electron chi connectivity index (χ4n) is 1.88. The highest BCUT2D eigenvalue weighted by Gasteiger charge is 2.09. The van der Waals surface area contributed by atoms with Gasteiger partial charge in [-0.2, -0.15) is 0 Å². The summed E-state index contributed by atoms with van der Waals surface area (Å²) in [7, 11) is 5.33. The highest BCUT2D eigenvalue weighted by atomic mass is 16.1. The van der Waals surface area contributed by atoms with Gasteiger partial charge in [-0.25, -0.2) is 0 Å². The molecule has 0 fully saturated rings. The van der Waals surface area contributed by atoms with Gasteiger partial charge in [-0.05, 0) is 42.4 Å². The number of ketones is 1. The van der Waals surface area contributed by atoms with Crippen molar-refractivity contribution in [3.8, 4) is 0 Å². The molecule has 0 aromatic heterocycles. The summed E-state index contributed by atoms with van der Waals surface area (Å²) < 4.78 is 0. The lowest BCUT2D eigenvalue weighted by molar-refractivity contribution is -0.116. The second kappa shape index (κ2) is 6.38. The van der Waals surface area contributed by atoms with E-state index in [4.69, 9.17) is 7.85 Å². The van der Waals surface area contributed by atoms with Crippen LogP contribution in [-0.2, 0) is 22.4 Å². The van der Waals surface area contributed by atoms with Crippen LogP contribution in [0.3, 0.4) is 0 Å². The van der Waals surface area contributed by atoms with Gasteiger partial charge in [0.2, 0.25) is 5.91 Å². The molecule has 0 aliphatic carbocycles. The molecule has 2 radical (unpaired) electrons. The minimum atomic E-state index is -0.0881. The molecule has 0 aliphatic rings. The second-order valence-corrected chi connectivity index (χ2v) is 4.39. The molecule has 1 amide bonds. The van der Waals surface area contributed by atoms with Crippen LogP contribution in [0.2, 0.25) is 6.32 Å². The van der Waals surface area contributed by atoms with E-state index in [-0.39, 0.29) is 18.0 Å². The van der Waals surface area contributed by atoms with E-state index in [9.17, 15) is 9.59 Å². The fourth-order valence-corrected chi connectivity index (χ4v) is 1.88. The Kier molecular flexibility index (Phi) is 5.14. The summed E-state index contributed by atoms with van der Waals surface area (Å²) in [6, 6.07) is 3.90. The molecule has 0 bridgehead atoms. The van der Waals surface area contributed by atoms with E-state index in [1.165, 1.54) is 6.92 Å². The Morgan fingerprint density at radius 3 is 2.44 bits per heavy atom. The molecule has 1 aromatic rings. The first-order valence-corrected chi connectivity index (χ1v) is 6.09. The first-order chi connectivity index (χ1) is 8.47. The highest BCUT2D eigenvalue weighted by molar-refractivity contribution is 6.20. The van der Waals surface area contributed by atoms with E-state index in [1.807, 2.05) is 26.0 Å². The van der Waals surface area contributed by atoms with Crippen molar-refractivity contribution in [2.45, 2.75) is 39.9 Å². The third kappa shape index (κ3) is 3.72. The second-order valence-electron chi connectivity index (χ2n) is 4.39. The maximum Gasteiger partial charge on any atom is 0.221 e. The highest BCUT2D eigenvalue weighted by Crippen LogP contribution is 2.22. The third-order valence-corrected chi connectivity index (χ3v) is 2.87. The fraction of sp³-hybridized carbons (Fsp3) is 0.429. The molecular weight excluding hydrogens is 225 g/mol.